The number of methoxy groups -OCH3 is 1. The van der Waals surface area contributed by atoms with E-state index in [1.165, 1.54) is 10.5 Å². The van der Waals surface area contributed by atoms with Crippen molar-refractivity contribution in [2.24, 2.45) is 11.8 Å². The first-order chi connectivity index (χ1) is 8.22. The highest BCUT2D eigenvalue weighted by Crippen LogP contribution is 2.25. The summed E-state index contributed by atoms with van der Waals surface area (Å²) >= 11 is 1.75. The van der Waals surface area contributed by atoms with Crippen LogP contribution in [0.15, 0.2) is 29.2 Å². The van der Waals surface area contributed by atoms with Crippen molar-refractivity contribution in [3.8, 4) is 0 Å². The van der Waals surface area contributed by atoms with Gasteiger partial charge in [0.15, 0.2) is 0 Å². The van der Waals surface area contributed by atoms with Crippen molar-refractivity contribution in [1.29, 1.82) is 0 Å². The van der Waals surface area contributed by atoms with E-state index >= 15 is 0 Å². The number of nitrogens with one attached hydrogen (secondary N) is 1. The van der Waals surface area contributed by atoms with E-state index in [2.05, 4.69) is 42.9 Å². The Morgan fingerprint density at radius 1 is 1.35 bits per heavy atom. The molecular weight excluding hydrogens is 232 g/mol. The number of rotatable bonds is 7. The summed E-state index contributed by atoms with van der Waals surface area (Å²) in [6, 6.07) is 8.72. The van der Waals surface area contributed by atoms with Crippen molar-refractivity contribution < 1.29 is 4.74 Å². The molecule has 0 spiro atoms. The molecule has 3 N–H and O–H groups in total. The second kappa shape index (κ2) is 7.71. The fraction of sp³-hybridized carbons (Fsp3) is 0.538. The van der Waals surface area contributed by atoms with Gasteiger partial charge < -0.3 is 4.74 Å². The Morgan fingerprint density at radius 3 is 2.47 bits per heavy atom. The molecular formula is C13H22N2OS. The predicted molar refractivity (Wildman–Crippen MR) is 73.9 cm³/mol. The smallest absolute Gasteiger partial charge is 0.0486 e. The van der Waals surface area contributed by atoms with E-state index in [-0.39, 0.29) is 6.04 Å². The van der Waals surface area contributed by atoms with E-state index in [4.69, 9.17) is 10.6 Å². The standard InChI is InChI=1S/C13H22N2OS/c1-10(8-9-16-2)13(15-14)11-4-6-12(17-3)7-5-11/h4-7,10,13,15H,8-9,14H2,1-3H3. The second-order valence-electron chi connectivity index (χ2n) is 4.18. The maximum Gasteiger partial charge on any atom is 0.0486 e. The van der Waals surface area contributed by atoms with Crippen molar-refractivity contribution in [2.75, 3.05) is 20.0 Å². The van der Waals surface area contributed by atoms with Crippen LogP contribution in [0.4, 0.5) is 0 Å². The van der Waals surface area contributed by atoms with Crippen molar-refractivity contribution in [2.45, 2.75) is 24.3 Å². The third-order valence-electron chi connectivity index (χ3n) is 3.00. The monoisotopic (exact) mass is 254 g/mol. The minimum absolute atomic E-state index is 0.182. The second-order valence-corrected chi connectivity index (χ2v) is 5.06. The van der Waals surface area contributed by atoms with Crippen LogP contribution >= 0.6 is 11.8 Å². The Labute approximate surface area is 108 Å². The zero-order valence-electron chi connectivity index (χ0n) is 10.8. The van der Waals surface area contributed by atoms with Crippen molar-refractivity contribution in [3.63, 3.8) is 0 Å². The van der Waals surface area contributed by atoms with Gasteiger partial charge in [-0.1, -0.05) is 19.1 Å². The number of benzene rings is 1. The molecule has 17 heavy (non-hydrogen) atoms. The summed E-state index contributed by atoms with van der Waals surface area (Å²) in [4.78, 5) is 1.27. The minimum Gasteiger partial charge on any atom is -0.385 e. The van der Waals surface area contributed by atoms with Gasteiger partial charge in [-0.25, -0.2) is 0 Å². The van der Waals surface area contributed by atoms with E-state index in [9.17, 15) is 0 Å². The third-order valence-corrected chi connectivity index (χ3v) is 3.74. The van der Waals surface area contributed by atoms with Crippen molar-refractivity contribution in [1.82, 2.24) is 5.43 Å². The summed E-state index contributed by atoms with van der Waals surface area (Å²) in [7, 11) is 1.73. The molecule has 0 aliphatic heterocycles. The van der Waals surface area contributed by atoms with Gasteiger partial charge in [0.1, 0.15) is 0 Å². The first-order valence-electron chi connectivity index (χ1n) is 5.82. The Kier molecular flexibility index (Phi) is 6.58. The van der Waals surface area contributed by atoms with Gasteiger partial charge in [0.25, 0.3) is 0 Å². The number of hydrogen-bond donors (Lipinski definition) is 2. The van der Waals surface area contributed by atoms with Crippen LogP contribution in [-0.2, 0) is 4.74 Å². The summed E-state index contributed by atoms with van der Waals surface area (Å²) in [5, 5.41) is 0. The summed E-state index contributed by atoms with van der Waals surface area (Å²) in [5.41, 5.74) is 4.13. The molecule has 0 saturated carbocycles. The molecule has 0 aliphatic carbocycles. The van der Waals surface area contributed by atoms with Gasteiger partial charge in [-0.2, -0.15) is 0 Å². The average molecular weight is 254 g/mol. The largest absolute Gasteiger partial charge is 0.385 e. The molecule has 0 heterocycles. The van der Waals surface area contributed by atoms with E-state index < -0.39 is 0 Å². The lowest BCUT2D eigenvalue weighted by Gasteiger charge is -2.23. The summed E-state index contributed by atoms with van der Waals surface area (Å²) < 4.78 is 5.11. The van der Waals surface area contributed by atoms with Crippen LogP contribution in [0.1, 0.15) is 24.9 Å². The van der Waals surface area contributed by atoms with Gasteiger partial charge in [-0.05, 0) is 36.3 Å². The maximum absolute atomic E-state index is 5.65. The lowest BCUT2D eigenvalue weighted by Crippen LogP contribution is -2.33. The molecule has 1 aromatic rings. The highest BCUT2D eigenvalue weighted by Gasteiger charge is 2.17. The summed E-state index contributed by atoms with van der Waals surface area (Å²) in [6.45, 7) is 2.95. The first-order valence-corrected chi connectivity index (χ1v) is 7.04. The molecule has 3 nitrogen and oxygen atoms in total. The third kappa shape index (κ3) is 4.32. The highest BCUT2D eigenvalue weighted by atomic mass is 32.2. The summed E-state index contributed by atoms with van der Waals surface area (Å²) in [5.74, 6) is 6.10. The molecule has 2 atom stereocenters. The number of hydrazine groups is 1. The van der Waals surface area contributed by atoms with E-state index in [1.54, 1.807) is 18.9 Å². The molecule has 0 fully saturated rings. The van der Waals surface area contributed by atoms with Crippen LogP contribution < -0.4 is 11.3 Å². The molecule has 1 rings (SSSR count). The van der Waals surface area contributed by atoms with Crippen LogP contribution in [0.2, 0.25) is 0 Å². The Hall–Kier alpha value is -0.550. The lowest BCUT2D eigenvalue weighted by atomic mass is 9.93. The van der Waals surface area contributed by atoms with E-state index in [0.717, 1.165) is 13.0 Å². The molecule has 0 radical (unpaired) electrons. The maximum atomic E-state index is 5.65. The Bertz CT molecular complexity index is 316. The first kappa shape index (κ1) is 14.5. The highest BCUT2D eigenvalue weighted by molar-refractivity contribution is 7.98. The molecule has 0 aliphatic rings. The van der Waals surface area contributed by atoms with Crippen LogP contribution in [0.25, 0.3) is 0 Å². The Morgan fingerprint density at radius 2 is 2.00 bits per heavy atom. The predicted octanol–water partition coefficient (Wildman–Crippen LogP) is 2.59. The molecule has 0 bridgehead atoms. The van der Waals surface area contributed by atoms with Gasteiger partial charge >= 0.3 is 0 Å². The lowest BCUT2D eigenvalue weighted by molar-refractivity contribution is 0.170. The fourth-order valence-corrected chi connectivity index (χ4v) is 2.28. The molecule has 4 heteroatoms. The van der Waals surface area contributed by atoms with Crippen molar-refractivity contribution in [3.05, 3.63) is 29.8 Å². The van der Waals surface area contributed by atoms with Crippen molar-refractivity contribution >= 4 is 11.8 Å². The number of ether oxygens (including phenoxy) is 1. The van der Waals surface area contributed by atoms with Crippen LogP contribution in [0.5, 0.6) is 0 Å². The van der Waals surface area contributed by atoms with Gasteiger partial charge in [0, 0.05) is 24.7 Å². The van der Waals surface area contributed by atoms with Gasteiger partial charge in [-0.3, -0.25) is 11.3 Å². The number of thioether (sulfide) groups is 1. The van der Waals surface area contributed by atoms with Crippen LogP contribution in [-0.4, -0.2) is 20.0 Å². The molecule has 0 aromatic heterocycles. The normalized spacial score (nSPS) is 14.6. The summed E-state index contributed by atoms with van der Waals surface area (Å²) in [6.07, 6.45) is 3.07. The SMILES string of the molecule is COCCC(C)C(NN)c1ccc(SC)cc1. The topological polar surface area (TPSA) is 47.3 Å². The van der Waals surface area contributed by atoms with Gasteiger partial charge in [0.05, 0.1) is 0 Å². The van der Waals surface area contributed by atoms with Crippen LogP contribution in [0, 0.1) is 5.92 Å². The molecule has 1 aromatic carbocycles. The van der Waals surface area contributed by atoms with Crippen LogP contribution in [0.3, 0.4) is 0 Å². The number of nitrogens with two attached hydrogens (primary N) is 1. The van der Waals surface area contributed by atoms with Gasteiger partial charge in [0.2, 0.25) is 0 Å². The zero-order valence-corrected chi connectivity index (χ0v) is 11.6. The molecule has 0 amide bonds. The zero-order chi connectivity index (χ0) is 12.7. The van der Waals surface area contributed by atoms with E-state index in [0.29, 0.717) is 5.92 Å². The van der Waals surface area contributed by atoms with E-state index in [1.807, 2.05) is 0 Å². The quantitative estimate of drug-likeness (QED) is 0.446. The average Bonchev–Trinajstić information content (AvgIpc) is 2.38. The molecule has 96 valence electrons. The number of hydrogen-bond acceptors (Lipinski definition) is 4. The van der Waals surface area contributed by atoms with Gasteiger partial charge in [-0.15, -0.1) is 11.8 Å². The minimum atomic E-state index is 0.182. The Balaban J connectivity index is 2.70. The molecule has 0 saturated heterocycles. The fourth-order valence-electron chi connectivity index (χ4n) is 1.87. The molecule has 2 unspecified atom stereocenters.